The van der Waals surface area contributed by atoms with Crippen LogP contribution in [0.3, 0.4) is 0 Å². The van der Waals surface area contributed by atoms with E-state index in [1.807, 2.05) is 38.1 Å². The Morgan fingerprint density at radius 1 is 1.19 bits per heavy atom. The van der Waals surface area contributed by atoms with Gasteiger partial charge in [0.2, 0.25) is 10.0 Å². The van der Waals surface area contributed by atoms with Crippen molar-refractivity contribution in [2.24, 2.45) is 0 Å². The number of hydrogen-bond donors (Lipinski definition) is 1. The van der Waals surface area contributed by atoms with Gasteiger partial charge in [-0.05, 0) is 31.5 Å². The van der Waals surface area contributed by atoms with Crippen molar-refractivity contribution >= 4 is 27.4 Å². The van der Waals surface area contributed by atoms with Gasteiger partial charge in [0.15, 0.2) is 0 Å². The molecule has 0 aliphatic rings. The molecule has 26 heavy (non-hydrogen) atoms. The van der Waals surface area contributed by atoms with Gasteiger partial charge in [0.25, 0.3) is 0 Å². The minimum atomic E-state index is -3.50. The third-order valence-corrected chi connectivity index (χ3v) is 5.65. The van der Waals surface area contributed by atoms with Crippen LogP contribution >= 0.6 is 11.6 Å². The summed E-state index contributed by atoms with van der Waals surface area (Å²) in [6.07, 6.45) is 4.69. The van der Waals surface area contributed by atoms with Gasteiger partial charge in [-0.1, -0.05) is 41.9 Å². The molecule has 0 radical (unpaired) electrons. The van der Waals surface area contributed by atoms with E-state index in [0.29, 0.717) is 10.8 Å². The molecule has 0 aliphatic carbocycles. The molecular weight excluding hydrogens is 370 g/mol. The Hall–Kier alpha value is -2.31. The largest absolute Gasteiger partial charge is 0.368 e. The average Bonchev–Trinajstić information content (AvgIpc) is 3.07. The van der Waals surface area contributed by atoms with Crippen molar-refractivity contribution in [3.05, 3.63) is 71.6 Å². The van der Waals surface area contributed by atoms with Crippen LogP contribution in [0.15, 0.2) is 61.1 Å². The number of hydrogen-bond acceptors (Lipinski definition) is 4. The molecule has 136 valence electrons. The second-order valence-corrected chi connectivity index (χ2v) is 8.60. The van der Waals surface area contributed by atoms with Crippen molar-refractivity contribution < 1.29 is 8.42 Å². The van der Waals surface area contributed by atoms with Crippen LogP contribution in [0.25, 0.3) is 11.1 Å². The molecule has 1 aromatic carbocycles. The Morgan fingerprint density at radius 3 is 2.62 bits per heavy atom. The van der Waals surface area contributed by atoms with E-state index in [9.17, 15) is 8.42 Å². The van der Waals surface area contributed by atoms with E-state index in [-0.39, 0.29) is 11.8 Å². The average molecular weight is 390 g/mol. The van der Waals surface area contributed by atoms with E-state index in [1.165, 1.54) is 3.97 Å². The summed E-state index contributed by atoms with van der Waals surface area (Å²) in [5.41, 5.74) is 2.20. The molecule has 7 heteroatoms. The normalized spacial score (nSPS) is 11.7. The SMILES string of the molecule is CC(C)Nc1cc(-c2ccn(S(=O)(=O)Cc3ccccc3)c2)c(Cl)cn1. The van der Waals surface area contributed by atoms with Crippen molar-refractivity contribution in [3.8, 4) is 11.1 Å². The molecule has 0 spiro atoms. The van der Waals surface area contributed by atoms with E-state index in [4.69, 9.17) is 11.6 Å². The minimum absolute atomic E-state index is 0.0633. The second-order valence-electron chi connectivity index (χ2n) is 6.32. The number of nitrogens with zero attached hydrogens (tertiary/aromatic N) is 2. The van der Waals surface area contributed by atoms with E-state index in [0.717, 1.165) is 16.7 Å². The molecule has 0 bridgehead atoms. The third-order valence-electron chi connectivity index (χ3n) is 3.78. The van der Waals surface area contributed by atoms with E-state index in [2.05, 4.69) is 10.3 Å². The van der Waals surface area contributed by atoms with Gasteiger partial charge in [0.1, 0.15) is 5.82 Å². The first kappa shape index (κ1) is 18.5. The summed E-state index contributed by atoms with van der Waals surface area (Å²) < 4.78 is 26.5. The quantitative estimate of drug-likeness (QED) is 0.678. The Balaban J connectivity index is 1.90. The van der Waals surface area contributed by atoms with E-state index >= 15 is 0 Å². The highest BCUT2D eigenvalue weighted by Gasteiger charge is 2.16. The fraction of sp³-hybridized carbons (Fsp3) is 0.211. The highest BCUT2D eigenvalue weighted by Crippen LogP contribution is 2.30. The summed E-state index contributed by atoms with van der Waals surface area (Å²) in [6.45, 7) is 4.03. The zero-order valence-electron chi connectivity index (χ0n) is 14.6. The summed E-state index contributed by atoms with van der Waals surface area (Å²) in [5, 5.41) is 3.69. The maximum atomic E-state index is 12.6. The highest BCUT2D eigenvalue weighted by atomic mass is 35.5. The first-order chi connectivity index (χ1) is 12.3. The number of halogens is 1. The van der Waals surface area contributed by atoms with Crippen molar-refractivity contribution in [2.45, 2.75) is 25.6 Å². The lowest BCUT2D eigenvalue weighted by molar-refractivity contribution is 0.586. The summed E-state index contributed by atoms with van der Waals surface area (Å²) in [7, 11) is -3.50. The predicted octanol–water partition coefficient (Wildman–Crippen LogP) is 4.40. The summed E-state index contributed by atoms with van der Waals surface area (Å²) in [6, 6.07) is 12.9. The molecule has 0 aliphatic heterocycles. The lowest BCUT2D eigenvalue weighted by Crippen LogP contribution is -2.13. The second kappa shape index (κ2) is 7.51. The highest BCUT2D eigenvalue weighted by molar-refractivity contribution is 7.89. The van der Waals surface area contributed by atoms with Gasteiger partial charge in [-0.15, -0.1) is 0 Å². The van der Waals surface area contributed by atoms with Crippen LogP contribution in [0.1, 0.15) is 19.4 Å². The summed E-state index contributed by atoms with van der Waals surface area (Å²) in [5.74, 6) is 0.630. The van der Waals surface area contributed by atoms with Crippen LogP contribution in [0.5, 0.6) is 0 Å². The van der Waals surface area contributed by atoms with E-state index in [1.54, 1.807) is 36.8 Å². The van der Waals surface area contributed by atoms with Crippen LogP contribution in [0.4, 0.5) is 5.82 Å². The van der Waals surface area contributed by atoms with Gasteiger partial charge >= 0.3 is 0 Å². The van der Waals surface area contributed by atoms with Gasteiger partial charge in [0, 0.05) is 35.8 Å². The van der Waals surface area contributed by atoms with Gasteiger partial charge in [0.05, 0.1) is 10.8 Å². The van der Waals surface area contributed by atoms with Gasteiger partial charge in [-0.25, -0.2) is 13.4 Å². The number of anilines is 1. The molecule has 3 rings (SSSR count). The first-order valence-electron chi connectivity index (χ1n) is 8.23. The molecule has 1 N–H and O–H groups in total. The Kier molecular flexibility index (Phi) is 5.34. The molecule has 0 unspecified atom stereocenters. The number of pyridine rings is 1. The van der Waals surface area contributed by atoms with E-state index < -0.39 is 10.0 Å². The van der Waals surface area contributed by atoms with Crippen LogP contribution in [-0.2, 0) is 15.8 Å². The number of nitrogens with one attached hydrogen (secondary N) is 1. The maximum absolute atomic E-state index is 12.6. The van der Waals surface area contributed by atoms with Crippen LogP contribution < -0.4 is 5.32 Å². The lowest BCUT2D eigenvalue weighted by atomic mass is 10.1. The molecule has 0 amide bonds. The topological polar surface area (TPSA) is 64.0 Å². The first-order valence-corrected chi connectivity index (χ1v) is 10.2. The molecule has 0 saturated heterocycles. The van der Waals surface area contributed by atoms with Crippen molar-refractivity contribution in [3.63, 3.8) is 0 Å². The van der Waals surface area contributed by atoms with Crippen LogP contribution in [0.2, 0.25) is 5.02 Å². The maximum Gasteiger partial charge on any atom is 0.242 e. The lowest BCUT2D eigenvalue weighted by Gasteiger charge is -2.11. The van der Waals surface area contributed by atoms with Gasteiger partial charge in [-0.3, -0.25) is 3.97 Å². The molecule has 0 fully saturated rings. The number of rotatable bonds is 6. The summed E-state index contributed by atoms with van der Waals surface area (Å²) in [4.78, 5) is 4.25. The van der Waals surface area contributed by atoms with Crippen molar-refractivity contribution in [1.29, 1.82) is 0 Å². The van der Waals surface area contributed by atoms with Crippen LogP contribution in [0, 0.1) is 0 Å². The molecule has 5 nitrogen and oxygen atoms in total. The standard InChI is InChI=1S/C19H20ClN3O2S/c1-14(2)22-19-10-17(18(20)11-21-19)16-8-9-23(12-16)26(24,25)13-15-6-4-3-5-7-15/h3-12,14H,13H2,1-2H3,(H,21,22). The molecule has 0 saturated carbocycles. The third kappa shape index (κ3) is 4.26. The Labute approximate surface area is 158 Å². The molecule has 2 heterocycles. The molecule has 3 aromatic rings. The van der Waals surface area contributed by atoms with Gasteiger partial charge in [-0.2, -0.15) is 0 Å². The van der Waals surface area contributed by atoms with Crippen molar-refractivity contribution in [2.75, 3.05) is 5.32 Å². The molecule has 2 aromatic heterocycles. The van der Waals surface area contributed by atoms with Gasteiger partial charge < -0.3 is 5.32 Å². The number of aromatic nitrogens is 2. The summed E-state index contributed by atoms with van der Waals surface area (Å²) >= 11 is 6.27. The zero-order chi connectivity index (χ0) is 18.7. The van der Waals surface area contributed by atoms with Crippen molar-refractivity contribution in [1.82, 2.24) is 8.96 Å². The number of benzene rings is 1. The predicted molar refractivity (Wildman–Crippen MR) is 106 cm³/mol. The zero-order valence-corrected chi connectivity index (χ0v) is 16.1. The fourth-order valence-corrected chi connectivity index (χ4v) is 4.10. The fourth-order valence-electron chi connectivity index (χ4n) is 2.60. The van der Waals surface area contributed by atoms with Crippen LogP contribution in [-0.4, -0.2) is 23.4 Å². The minimum Gasteiger partial charge on any atom is -0.368 e. The molecular formula is C19H20ClN3O2S. The monoisotopic (exact) mass is 389 g/mol. The molecule has 0 atom stereocenters. The Morgan fingerprint density at radius 2 is 1.92 bits per heavy atom. The smallest absolute Gasteiger partial charge is 0.242 e. The Bertz CT molecular complexity index is 999.